The maximum absolute atomic E-state index is 14.8. The number of sulfonamides is 1. The average Bonchev–Trinajstić information content (AvgIpc) is 2.50. The minimum Gasteiger partial charge on any atom is -0.483 e. The van der Waals surface area contributed by atoms with Crippen LogP contribution in [0.15, 0.2) is 36.4 Å². The highest BCUT2D eigenvalue weighted by Crippen LogP contribution is 2.44. The largest absolute Gasteiger partial charge is 0.483 e. The van der Waals surface area contributed by atoms with Gasteiger partial charge in [0.05, 0.1) is 11.9 Å². The van der Waals surface area contributed by atoms with E-state index in [-0.39, 0.29) is 17.1 Å². The molecule has 0 unspecified atom stereocenters. The maximum Gasteiger partial charge on any atom is 0.229 e. The van der Waals surface area contributed by atoms with Gasteiger partial charge in [-0.15, -0.1) is 0 Å². The number of benzene rings is 2. The number of rotatable bonds is 3. The summed E-state index contributed by atoms with van der Waals surface area (Å²) in [5.41, 5.74) is 1.32. The molecular formula is C19H19F2NO3S. The molecule has 0 aliphatic carbocycles. The van der Waals surface area contributed by atoms with E-state index >= 15 is 0 Å². The fourth-order valence-electron chi connectivity index (χ4n) is 3.04. The third-order valence-electron chi connectivity index (χ3n) is 4.05. The van der Waals surface area contributed by atoms with Gasteiger partial charge in [0, 0.05) is 11.6 Å². The molecule has 1 N–H and O–H groups in total. The maximum atomic E-state index is 14.8. The molecule has 2 aromatic carbocycles. The van der Waals surface area contributed by atoms with Gasteiger partial charge >= 0.3 is 0 Å². The molecule has 3 rings (SSSR count). The zero-order chi connectivity index (χ0) is 19.3. The molecule has 0 saturated carbocycles. The van der Waals surface area contributed by atoms with Crippen molar-refractivity contribution in [1.82, 2.24) is 0 Å². The van der Waals surface area contributed by atoms with Gasteiger partial charge in [-0.2, -0.15) is 0 Å². The first-order chi connectivity index (χ1) is 12.0. The second-order valence-electron chi connectivity index (χ2n) is 6.88. The number of hydrogen-bond donors (Lipinski definition) is 1. The van der Waals surface area contributed by atoms with E-state index < -0.39 is 21.4 Å². The van der Waals surface area contributed by atoms with Crippen molar-refractivity contribution < 1.29 is 21.9 Å². The van der Waals surface area contributed by atoms with E-state index in [1.165, 1.54) is 18.2 Å². The summed E-state index contributed by atoms with van der Waals surface area (Å²) < 4.78 is 59.2. The zero-order valence-corrected chi connectivity index (χ0v) is 15.7. The third-order valence-corrected chi connectivity index (χ3v) is 4.64. The second kappa shape index (κ2) is 6.09. The molecule has 138 valence electrons. The summed E-state index contributed by atoms with van der Waals surface area (Å²) in [5, 5.41) is 0. The fourth-order valence-corrected chi connectivity index (χ4v) is 3.59. The lowest BCUT2D eigenvalue weighted by Crippen LogP contribution is -2.30. The first-order valence-corrected chi connectivity index (χ1v) is 9.85. The molecule has 2 aromatic rings. The molecule has 1 aliphatic heterocycles. The van der Waals surface area contributed by atoms with Gasteiger partial charge in [0.15, 0.2) is 5.82 Å². The van der Waals surface area contributed by atoms with Crippen molar-refractivity contribution in [1.29, 1.82) is 0 Å². The summed E-state index contributed by atoms with van der Waals surface area (Å²) in [7, 11) is -3.64. The topological polar surface area (TPSA) is 55.4 Å². The van der Waals surface area contributed by atoms with Crippen LogP contribution in [-0.4, -0.2) is 20.3 Å². The number of halogens is 2. The molecule has 0 amide bonds. The van der Waals surface area contributed by atoms with Crippen LogP contribution in [0.1, 0.15) is 30.5 Å². The quantitative estimate of drug-likeness (QED) is 0.868. The molecule has 0 aromatic heterocycles. The molecule has 0 atom stereocenters. The average molecular weight is 379 g/mol. The van der Waals surface area contributed by atoms with Crippen LogP contribution in [-0.2, 0) is 10.0 Å². The lowest BCUT2D eigenvalue weighted by molar-refractivity contribution is 0.158. The van der Waals surface area contributed by atoms with Crippen molar-refractivity contribution in [3.05, 3.63) is 64.7 Å². The standard InChI is InChI=1S/C19H19F2NO3S/c1-11-17-14(12-5-7-13(20)8-6-12)10-19(2,3)25-16(17)9-15(18(11)21)22-26(4,23)24/h5-10,22H,1-4H3. The Morgan fingerprint density at radius 2 is 1.73 bits per heavy atom. The van der Waals surface area contributed by atoms with Crippen LogP contribution in [0.25, 0.3) is 5.57 Å². The van der Waals surface area contributed by atoms with Gasteiger partial charge in [0.1, 0.15) is 17.2 Å². The molecule has 0 saturated heterocycles. The van der Waals surface area contributed by atoms with Crippen molar-refractivity contribution in [2.24, 2.45) is 0 Å². The normalized spacial score (nSPS) is 15.7. The summed E-state index contributed by atoms with van der Waals surface area (Å²) in [6.07, 6.45) is 2.80. The Balaban J connectivity index is 2.24. The Bertz CT molecular complexity index is 1010. The molecule has 0 bridgehead atoms. The molecule has 0 radical (unpaired) electrons. The predicted octanol–water partition coefficient (Wildman–Crippen LogP) is 4.25. The van der Waals surface area contributed by atoms with E-state index in [1.54, 1.807) is 19.1 Å². The SMILES string of the molecule is Cc1c(F)c(NS(C)(=O)=O)cc2c1C(c1ccc(F)cc1)=CC(C)(C)O2. The van der Waals surface area contributed by atoms with E-state index in [0.717, 1.165) is 11.8 Å². The summed E-state index contributed by atoms with van der Waals surface area (Å²) in [6, 6.07) is 7.25. The summed E-state index contributed by atoms with van der Waals surface area (Å²) in [5.74, 6) is -0.677. The van der Waals surface area contributed by atoms with Crippen molar-refractivity contribution in [3.63, 3.8) is 0 Å². The zero-order valence-electron chi connectivity index (χ0n) is 14.9. The van der Waals surface area contributed by atoms with Gasteiger partial charge < -0.3 is 4.74 Å². The molecule has 1 aliphatic rings. The number of hydrogen-bond acceptors (Lipinski definition) is 3. The van der Waals surface area contributed by atoms with Crippen molar-refractivity contribution in [2.75, 3.05) is 11.0 Å². The van der Waals surface area contributed by atoms with Crippen LogP contribution < -0.4 is 9.46 Å². The Morgan fingerprint density at radius 3 is 2.31 bits per heavy atom. The lowest BCUT2D eigenvalue weighted by Gasteiger charge is -2.33. The Morgan fingerprint density at radius 1 is 1.12 bits per heavy atom. The van der Waals surface area contributed by atoms with Gasteiger partial charge in [0.2, 0.25) is 10.0 Å². The molecule has 7 heteroatoms. The highest BCUT2D eigenvalue weighted by molar-refractivity contribution is 7.92. The van der Waals surface area contributed by atoms with Crippen LogP contribution in [0.5, 0.6) is 5.75 Å². The van der Waals surface area contributed by atoms with E-state index in [1.807, 2.05) is 19.9 Å². The van der Waals surface area contributed by atoms with Crippen LogP contribution in [0.2, 0.25) is 0 Å². The first kappa shape index (κ1) is 18.4. The van der Waals surface area contributed by atoms with Gasteiger partial charge in [-0.3, -0.25) is 4.72 Å². The van der Waals surface area contributed by atoms with Crippen molar-refractivity contribution in [2.45, 2.75) is 26.4 Å². The van der Waals surface area contributed by atoms with E-state index in [2.05, 4.69) is 4.72 Å². The van der Waals surface area contributed by atoms with Gasteiger partial charge in [-0.25, -0.2) is 17.2 Å². The monoisotopic (exact) mass is 379 g/mol. The van der Waals surface area contributed by atoms with Gasteiger partial charge in [-0.05, 0) is 55.7 Å². The molecule has 1 heterocycles. The molecule has 4 nitrogen and oxygen atoms in total. The molecular weight excluding hydrogens is 360 g/mol. The third kappa shape index (κ3) is 3.58. The minimum absolute atomic E-state index is 0.167. The van der Waals surface area contributed by atoms with Gasteiger partial charge in [0.25, 0.3) is 0 Å². The first-order valence-electron chi connectivity index (χ1n) is 7.96. The Labute approximate surface area is 151 Å². The molecule has 0 spiro atoms. The van der Waals surface area contributed by atoms with E-state index in [4.69, 9.17) is 4.74 Å². The van der Waals surface area contributed by atoms with Crippen LogP contribution in [0.3, 0.4) is 0 Å². The number of ether oxygens (including phenoxy) is 1. The van der Waals surface area contributed by atoms with Crippen LogP contribution >= 0.6 is 0 Å². The van der Waals surface area contributed by atoms with Crippen molar-refractivity contribution in [3.8, 4) is 5.75 Å². The lowest BCUT2D eigenvalue weighted by atomic mass is 9.87. The summed E-state index contributed by atoms with van der Waals surface area (Å²) >= 11 is 0. The number of anilines is 1. The fraction of sp³-hybridized carbons (Fsp3) is 0.263. The van der Waals surface area contributed by atoms with E-state index in [0.29, 0.717) is 16.9 Å². The highest BCUT2D eigenvalue weighted by atomic mass is 32.2. The van der Waals surface area contributed by atoms with E-state index in [9.17, 15) is 17.2 Å². The molecule has 26 heavy (non-hydrogen) atoms. The summed E-state index contributed by atoms with van der Waals surface area (Å²) in [6.45, 7) is 5.23. The van der Waals surface area contributed by atoms with Crippen molar-refractivity contribution >= 4 is 21.3 Å². The Kier molecular flexibility index (Phi) is 4.30. The Hall–Kier alpha value is -2.41. The van der Waals surface area contributed by atoms with Crippen LogP contribution in [0.4, 0.5) is 14.5 Å². The number of nitrogens with one attached hydrogen (secondary N) is 1. The van der Waals surface area contributed by atoms with Crippen LogP contribution in [0, 0.1) is 18.6 Å². The van der Waals surface area contributed by atoms with Gasteiger partial charge in [-0.1, -0.05) is 12.1 Å². The number of fused-ring (bicyclic) bond motifs is 1. The smallest absolute Gasteiger partial charge is 0.229 e. The predicted molar refractivity (Wildman–Crippen MR) is 97.8 cm³/mol. The minimum atomic E-state index is -3.64. The highest BCUT2D eigenvalue weighted by Gasteiger charge is 2.31. The molecule has 0 fully saturated rings. The summed E-state index contributed by atoms with van der Waals surface area (Å²) in [4.78, 5) is 0. The second-order valence-corrected chi connectivity index (χ2v) is 8.63.